The molecule has 1 N–H and O–H groups in total. The maximum absolute atomic E-state index is 11.2. The molecule has 1 aromatic heterocycles. The van der Waals surface area contributed by atoms with Gasteiger partial charge in [0.05, 0.1) is 11.9 Å². The van der Waals surface area contributed by atoms with Crippen molar-refractivity contribution in [3.63, 3.8) is 0 Å². The molecule has 94 valence electrons. The Bertz CT molecular complexity index is 469. The summed E-state index contributed by atoms with van der Waals surface area (Å²) in [6, 6.07) is 3.52. The van der Waals surface area contributed by atoms with Crippen LogP contribution in [0.25, 0.3) is 0 Å². The molecule has 1 saturated heterocycles. The first-order chi connectivity index (χ1) is 8.11. The van der Waals surface area contributed by atoms with E-state index in [0.29, 0.717) is 5.69 Å². The molecule has 1 fully saturated rings. The summed E-state index contributed by atoms with van der Waals surface area (Å²) in [5.74, 6) is 0.885. The zero-order valence-electron chi connectivity index (χ0n) is 9.26. The van der Waals surface area contributed by atoms with Crippen LogP contribution in [0.1, 0.15) is 12.8 Å². The minimum Gasteiger partial charge on any atom is -0.357 e. The van der Waals surface area contributed by atoms with Gasteiger partial charge in [-0.15, -0.1) is 11.6 Å². The van der Waals surface area contributed by atoms with Crippen molar-refractivity contribution in [1.29, 1.82) is 0 Å². The van der Waals surface area contributed by atoms with Gasteiger partial charge in [0.15, 0.2) is 0 Å². The first-order valence-corrected chi connectivity index (χ1v) is 7.57. The molecule has 0 atom stereocenters. The van der Waals surface area contributed by atoms with Gasteiger partial charge in [-0.2, -0.15) is 0 Å². The second-order valence-electron chi connectivity index (χ2n) is 3.93. The Morgan fingerprint density at radius 1 is 1.35 bits per heavy atom. The lowest BCUT2D eigenvalue weighted by molar-refractivity contribution is 0.605. The second kappa shape index (κ2) is 5.10. The molecule has 0 unspecified atom stereocenters. The van der Waals surface area contributed by atoms with Crippen molar-refractivity contribution in [1.82, 2.24) is 4.98 Å². The van der Waals surface area contributed by atoms with Gasteiger partial charge >= 0.3 is 0 Å². The van der Waals surface area contributed by atoms with E-state index >= 15 is 0 Å². The van der Waals surface area contributed by atoms with Crippen molar-refractivity contribution in [2.24, 2.45) is 0 Å². The van der Waals surface area contributed by atoms with E-state index in [9.17, 15) is 8.42 Å². The molecular weight excluding hydrogens is 262 g/mol. The molecule has 1 aliphatic rings. The summed E-state index contributed by atoms with van der Waals surface area (Å²) in [6.07, 6.45) is 3.88. The molecular formula is C10H14ClN3O2S. The zero-order chi connectivity index (χ0) is 12.3. The van der Waals surface area contributed by atoms with Gasteiger partial charge in [-0.05, 0) is 25.0 Å². The van der Waals surface area contributed by atoms with Crippen LogP contribution in [0.2, 0.25) is 0 Å². The standard InChI is InChI=1S/C10H14ClN3O2S/c11-8-17(15,16)13-9-3-4-10(12-7-9)14-5-1-2-6-14/h3-4,7,13H,1-2,5-6,8H2. The van der Waals surface area contributed by atoms with Crippen LogP contribution >= 0.6 is 11.6 Å². The van der Waals surface area contributed by atoms with Gasteiger partial charge in [0.2, 0.25) is 10.0 Å². The van der Waals surface area contributed by atoms with E-state index < -0.39 is 15.2 Å². The molecule has 0 spiro atoms. The Morgan fingerprint density at radius 3 is 2.59 bits per heavy atom. The Labute approximate surface area is 106 Å². The van der Waals surface area contributed by atoms with E-state index in [1.165, 1.54) is 19.0 Å². The van der Waals surface area contributed by atoms with Crippen LogP contribution < -0.4 is 9.62 Å². The molecule has 2 heterocycles. The summed E-state index contributed by atoms with van der Waals surface area (Å²) in [5, 5.41) is -0.457. The lowest BCUT2D eigenvalue weighted by Crippen LogP contribution is -2.19. The minimum atomic E-state index is -3.44. The second-order valence-corrected chi connectivity index (χ2v) is 6.23. The molecule has 0 amide bonds. The number of nitrogens with zero attached hydrogens (tertiary/aromatic N) is 2. The monoisotopic (exact) mass is 275 g/mol. The fourth-order valence-electron chi connectivity index (χ4n) is 1.79. The highest BCUT2D eigenvalue weighted by Gasteiger charge is 2.14. The van der Waals surface area contributed by atoms with Crippen molar-refractivity contribution in [2.75, 3.05) is 27.9 Å². The van der Waals surface area contributed by atoms with Gasteiger partial charge < -0.3 is 4.90 Å². The molecule has 5 nitrogen and oxygen atoms in total. The molecule has 7 heteroatoms. The minimum absolute atomic E-state index is 0.439. The summed E-state index contributed by atoms with van der Waals surface area (Å²) in [5.41, 5.74) is 0.439. The molecule has 1 aliphatic heterocycles. The Hall–Kier alpha value is -1.01. The normalized spacial score (nSPS) is 16.2. The number of halogens is 1. The van der Waals surface area contributed by atoms with E-state index in [4.69, 9.17) is 11.6 Å². The smallest absolute Gasteiger partial charge is 0.246 e. The van der Waals surface area contributed by atoms with Gasteiger partial charge in [0, 0.05) is 13.1 Å². The van der Waals surface area contributed by atoms with Crippen LogP contribution in [0.15, 0.2) is 18.3 Å². The Kier molecular flexibility index (Phi) is 3.73. The van der Waals surface area contributed by atoms with Crippen molar-refractivity contribution in [2.45, 2.75) is 12.8 Å². The van der Waals surface area contributed by atoms with E-state index in [0.717, 1.165) is 18.9 Å². The van der Waals surface area contributed by atoms with E-state index in [1.807, 2.05) is 6.07 Å². The third-order valence-electron chi connectivity index (χ3n) is 2.59. The van der Waals surface area contributed by atoms with Gasteiger partial charge in [0.25, 0.3) is 0 Å². The van der Waals surface area contributed by atoms with Crippen molar-refractivity contribution in [3.05, 3.63) is 18.3 Å². The lowest BCUT2D eigenvalue weighted by Gasteiger charge is -2.16. The lowest BCUT2D eigenvalue weighted by atomic mass is 10.4. The number of hydrogen-bond acceptors (Lipinski definition) is 4. The van der Waals surface area contributed by atoms with E-state index in [1.54, 1.807) is 6.07 Å². The number of anilines is 2. The first kappa shape index (κ1) is 12.4. The number of rotatable bonds is 4. The summed E-state index contributed by atoms with van der Waals surface area (Å²) < 4.78 is 24.8. The van der Waals surface area contributed by atoms with Crippen LogP contribution in [0.5, 0.6) is 0 Å². The number of aromatic nitrogens is 1. The predicted octanol–water partition coefficient (Wildman–Crippen LogP) is 1.62. The van der Waals surface area contributed by atoms with Gasteiger partial charge in [0.1, 0.15) is 11.0 Å². The van der Waals surface area contributed by atoms with Crippen LogP contribution in [-0.4, -0.2) is 31.7 Å². The van der Waals surface area contributed by atoms with E-state index in [2.05, 4.69) is 14.6 Å². The van der Waals surface area contributed by atoms with Gasteiger partial charge in [-0.25, -0.2) is 13.4 Å². The number of alkyl halides is 1. The van der Waals surface area contributed by atoms with Gasteiger partial charge in [-0.3, -0.25) is 4.72 Å². The average molecular weight is 276 g/mol. The number of pyridine rings is 1. The summed E-state index contributed by atoms with van der Waals surface area (Å²) in [7, 11) is -3.44. The molecule has 17 heavy (non-hydrogen) atoms. The molecule has 0 radical (unpaired) electrons. The number of nitrogens with one attached hydrogen (secondary N) is 1. The Balaban J connectivity index is 2.07. The van der Waals surface area contributed by atoms with Crippen molar-refractivity contribution in [3.8, 4) is 0 Å². The highest BCUT2D eigenvalue weighted by molar-refractivity contribution is 7.93. The Morgan fingerprint density at radius 2 is 2.06 bits per heavy atom. The van der Waals surface area contributed by atoms with Crippen LogP contribution in [0.4, 0.5) is 11.5 Å². The van der Waals surface area contributed by atoms with Crippen molar-refractivity contribution >= 4 is 33.1 Å². The average Bonchev–Trinajstić information content (AvgIpc) is 2.83. The summed E-state index contributed by atoms with van der Waals surface area (Å²) in [6.45, 7) is 2.03. The predicted molar refractivity (Wildman–Crippen MR) is 68.9 cm³/mol. The molecule has 0 bridgehead atoms. The fourth-order valence-corrected chi connectivity index (χ4v) is 2.48. The zero-order valence-corrected chi connectivity index (χ0v) is 10.8. The van der Waals surface area contributed by atoms with E-state index in [-0.39, 0.29) is 0 Å². The molecule has 0 aliphatic carbocycles. The highest BCUT2D eigenvalue weighted by atomic mass is 35.5. The fraction of sp³-hybridized carbons (Fsp3) is 0.500. The maximum atomic E-state index is 11.2. The van der Waals surface area contributed by atoms with Crippen molar-refractivity contribution < 1.29 is 8.42 Å². The van der Waals surface area contributed by atoms with Crippen LogP contribution in [0.3, 0.4) is 0 Å². The molecule has 2 rings (SSSR count). The number of hydrogen-bond donors (Lipinski definition) is 1. The third-order valence-corrected chi connectivity index (χ3v) is 4.29. The quantitative estimate of drug-likeness (QED) is 0.848. The topological polar surface area (TPSA) is 62.3 Å². The maximum Gasteiger partial charge on any atom is 0.246 e. The summed E-state index contributed by atoms with van der Waals surface area (Å²) in [4.78, 5) is 6.42. The van der Waals surface area contributed by atoms with Crippen LogP contribution in [-0.2, 0) is 10.0 Å². The highest BCUT2D eigenvalue weighted by Crippen LogP contribution is 2.19. The molecule has 0 saturated carbocycles. The van der Waals surface area contributed by atoms with Gasteiger partial charge in [-0.1, -0.05) is 0 Å². The molecule has 0 aromatic carbocycles. The molecule has 1 aromatic rings. The summed E-state index contributed by atoms with van der Waals surface area (Å²) >= 11 is 5.30. The first-order valence-electron chi connectivity index (χ1n) is 5.38. The third kappa shape index (κ3) is 3.23. The number of sulfonamides is 1. The SMILES string of the molecule is O=S(=O)(CCl)Nc1ccc(N2CCCC2)nc1. The van der Waals surface area contributed by atoms with Crippen LogP contribution in [0, 0.1) is 0 Å². The largest absolute Gasteiger partial charge is 0.357 e.